The van der Waals surface area contributed by atoms with Crippen molar-refractivity contribution in [1.82, 2.24) is 0 Å². The maximum Gasteiger partial charge on any atom is 0.0546 e. The molecule has 52 valence electrons. The second-order valence-electron chi connectivity index (χ2n) is 4.16. The van der Waals surface area contributed by atoms with E-state index >= 15 is 0 Å². The van der Waals surface area contributed by atoms with Gasteiger partial charge in [0.2, 0.25) is 0 Å². The Kier molecular flexibility index (Phi) is 0.852. The number of aliphatic hydroxyl groups is 1. The number of fused-ring (bicyclic) bond motifs is 1. The second-order valence-corrected chi connectivity index (χ2v) is 4.16. The molecule has 2 fully saturated rings. The van der Waals surface area contributed by atoms with Crippen molar-refractivity contribution in [3.63, 3.8) is 0 Å². The molecule has 3 atom stereocenters. The van der Waals surface area contributed by atoms with Gasteiger partial charge in [-0.3, -0.25) is 0 Å². The quantitative estimate of drug-likeness (QED) is 0.520. The predicted molar refractivity (Wildman–Crippen MR) is 36.0 cm³/mol. The molecule has 0 heterocycles. The highest BCUT2D eigenvalue weighted by Crippen LogP contribution is 2.66. The molecule has 2 rings (SSSR count). The van der Waals surface area contributed by atoms with Crippen molar-refractivity contribution in [2.24, 2.45) is 17.3 Å². The third kappa shape index (κ3) is 0.586. The standard InChI is InChI=1S/C8H14O/c1-8(2)6-3-5(9)4-7(6)8/h5-7,9H,3-4H2,1-2H3/t5-,6-,7+. The van der Waals surface area contributed by atoms with Crippen molar-refractivity contribution in [3.8, 4) is 0 Å². The molecule has 0 aromatic carbocycles. The van der Waals surface area contributed by atoms with E-state index in [2.05, 4.69) is 13.8 Å². The van der Waals surface area contributed by atoms with Crippen LogP contribution >= 0.6 is 0 Å². The van der Waals surface area contributed by atoms with Crippen LogP contribution in [-0.4, -0.2) is 11.2 Å². The summed E-state index contributed by atoms with van der Waals surface area (Å²) >= 11 is 0. The fourth-order valence-corrected chi connectivity index (χ4v) is 2.48. The first-order valence-corrected chi connectivity index (χ1v) is 3.80. The summed E-state index contributed by atoms with van der Waals surface area (Å²) in [6.45, 7) is 4.63. The number of aliphatic hydroxyl groups excluding tert-OH is 1. The van der Waals surface area contributed by atoms with Crippen LogP contribution in [0.1, 0.15) is 26.7 Å². The molecule has 0 aliphatic heterocycles. The average Bonchev–Trinajstić information content (AvgIpc) is 2.27. The Hall–Kier alpha value is -0.0400. The summed E-state index contributed by atoms with van der Waals surface area (Å²) in [5, 5.41) is 9.16. The van der Waals surface area contributed by atoms with E-state index in [1.165, 1.54) is 0 Å². The van der Waals surface area contributed by atoms with E-state index in [-0.39, 0.29) is 6.10 Å². The van der Waals surface area contributed by atoms with Crippen LogP contribution < -0.4 is 0 Å². The Morgan fingerprint density at radius 3 is 2.00 bits per heavy atom. The molecule has 0 bridgehead atoms. The lowest BCUT2D eigenvalue weighted by Crippen LogP contribution is -2.08. The van der Waals surface area contributed by atoms with E-state index in [0.29, 0.717) is 5.41 Å². The first kappa shape index (κ1) is 5.72. The van der Waals surface area contributed by atoms with Gasteiger partial charge in [-0.15, -0.1) is 0 Å². The minimum absolute atomic E-state index is 0.0352. The summed E-state index contributed by atoms with van der Waals surface area (Å²) in [7, 11) is 0. The largest absolute Gasteiger partial charge is 0.393 e. The van der Waals surface area contributed by atoms with E-state index in [1.807, 2.05) is 0 Å². The van der Waals surface area contributed by atoms with Gasteiger partial charge in [-0.25, -0.2) is 0 Å². The Bertz CT molecular complexity index is 126. The molecule has 0 aromatic heterocycles. The van der Waals surface area contributed by atoms with Crippen molar-refractivity contribution >= 4 is 0 Å². The van der Waals surface area contributed by atoms with E-state index < -0.39 is 0 Å². The summed E-state index contributed by atoms with van der Waals surface area (Å²) in [6, 6.07) is 0. The van der Waals surface area contributed by atoms with Crippen LogP contribution in [-0.2, 0) is 0 Å². The Morgan fingerprint density at radius 1 is 1.22 bits per heavy atom. The molecule has 0 amide bonds. The SMILES string of the molecule is CC1(C)[C@@H]2C[C@@H](O)C[C@@H]21. The topological polar surface area (TPSA) is 20.2 Å². The minimum Gasteiger partial charge on any atom is -0.393 e. The van der Waals surface area contributed by atoms with Gasteiger partial charge in [-0.1, -0.05) is 13.8 Å². The zero-order chi connectivity index (χ0) is 6.65. The van der Waals surface area contributed by atoms with Gasteiger partial charge >= 0.3 is 0 Å². The summed E-state index contributed by atoms with van der Waals surface area (Å²) in [4.78, 5) is 0. The van der Waals surface area contributed by atoms with Crippen molar-refractivity contribution in [2.45, 2.75) is 32.8 Å². The third-order valence-electron chi connectivity index (χ3n) is 3.34. The van der Waals surface area contributed by atoms with Crippen LogP contribution in [0.25, 0.3) is 0 Å². The average molecular weight is 126 g/mol. The van der Waals surface area contributed by atoms with Gasteiger partial charge in [-0.05, 0) is 30.1 Å². The van der Waals surface area contributed by atoms with Gasteiger partial charge in [0.05, 0.1) is 6.10 Å². The van der Waals surface area contributed by atoms with E-state index in [0.717, 1.165) is 24.7 Å². The van der Waals surface area contributed by atoms with Gasteiger partial charge in [0.1, 0.15) is 0 Å². The van der Waals surface area contributed by atoms with Gasteiger partial charge < -0.3 is 5.11 Å². The summed E-state index contributed by atoms with van der Waals surface area (Å²) in [5.41, 5.74) is 0.583. The van der Waals surface area contributed by atoms with E-state index in [9.17, 15) is 0 Å². The monoisotopic (exact) mass is 126 g/mol. The summed E-state index contributed by atoms with van der Waals surface area (Å²) < 4.78 is 0. The molecule has 2 aliphatic carbocycles. The lowest BCUT2D eigenvalue weighted by atomic mass is 9.99. The molecular weight excluding hydrogens is 112 g/mol. The van der Waals surface area contributed by atoms with Crippen LogP contribution in [0, 0.1) is 17.3 Å². The summed E-state index contributed by atoms with van der Waals surface area (Å²) in [5.74, 6) is 1.71. The fourth-order valence-electron chi connectivity index (χ4n) is 2.48. The molecule has 0 saturated heterocycles. The van der Waals surface area contributed by atoms with Crippen LogP contribution in [0.4, 0.5) is 0 Å². The highest BCUT2D eigenvalue weighted by Gasteiger charge is 2.61. The van der Waals surface area contributed by atoms with E-state index in [4.69, 9.17) is 5.11 Å². The Balaban J connectivity index is 2.06. The van der Waals surface area contributed by atoms with Gasteiger partial charge in [-0.2, -0.15) is 0 Å². The molecule has 1 N–H and O–H groups in total. The third-order valence-corrected chi connectivity index (χ3v) is 3.34. The number of hydrogen-bond donors (Lipinski definition) is 1. The zero-order valence-electron chi connectivity index (χ0n) is 6.09. The first-order valence-electron chi connectivity index (χ1n) is 3.80. The first-order chi connectivity index (χ1) is 4.12. The predicted octanol–water partition coefficient (Wildman–Crippen LogP) is 1.41. The molecule has 0 aromatic rings. The van der Waals surface area contributed by atoms with Crippen molar-refractivity contribution in [1.29, 1.82) is 0 Å². The molecule has 2 aliphatic rings. The smallest absolute Gasteiger partial charge is 0.0546 e. The Labute approximate surface area is 56.1 Å². The lowest BCUT2D eigenvalue weighted by Gasteiger charge is -2.10. The number of hydrogen-bond acceptors (Lipinski definition) is 1. The Morgan fingerprint density at radius 2 is 1.67 bits per heavy atom. The van der Waals surface area contributed by atoms with Crippen molar-refractivity contribution in [3.05, 3.63) is 0 Å². The molecule has 9 heavy (non-hydrogen) atoms. The maximum absolute atomic E-state index is 9.16. The molecular formula is C8H14O. The van der Waals surface area contributed by atoms with Crippen LogP contribution in [0.2, 0.25) is 0 Å². The maximum atomic E-state index is 9.16. The molecule has 1 nitrogen and oxygen atoms in total. The van der Waals surface area contributed by atoms with Crippen LogP contribution in [0.15, 0.2) is 0 Å². The molecule has 2 saturated carbocycles. The molecule has 0 spiro atoms. The van der Waals surface area contributed by atoms with Crippen LogP contribution in [0.5, 0.6) is 0 Å². The van der Waals surface area contributed by atoms with Gasteiger partial charge in [0.25, 0.3) is 0 Å². The van der Waals surface area contributed by atoms with Crippen LogP contribution in [0.3, 0.4) is 0 Å². The lowest BCUT2D eigenvalue weighted by molar-refractivity contribution is 0.151. The number of rotatable bonds is 0. The molecule has 0 unspecified atom stereocenters. The second kappa shape index (κ2) is 1.34. The highest BCUT2D eigenvalue weighted by molar-refractivity contribution is 5.10. The summed E-state index contributed by atoms with van der Waals surface area (Å²) in [6.07, 6.45) is 2.17. The fraction of sp³-hybridized carbons (Fsp3) is 1.00. The normalized spacial score (nSPS) is 53.0. The molecule has 0 radical (unpaired) electrons. The van der Waals surface area contributed by atoms with Crippen molar-refractivity contribution in [2.75, 3.05) is 0 Å². The molecule has 1 heteroatoms. The van der Waals surface area contributed by atoms with Gasteiger partial charge in [0.15, 0.2) is 0 Å². The van der Waals surface area contributed by atoms with Gasteiger partial charge in [0, 0.05) is 0 Å². The zero-order valence-corrected chi connectivity index (χ0v) is 6.09. The highest BCUT2D eigenvalue weighted by atomic mass is 16.3. The minimum atomic E-state index is 0.0352. The van der Waals surface area contributed by atoms with E-state index in [1.54, 1.807) is 0 Å². The van der Waals surface area contributed by atoms with Crippen molar-refractivity contribution < 1.29 is 5.11 Å².